The van der Waals surface area contributed by atoms with Crippen molar-refractivity contribution < 1.29 is 14.4 Å². The smallest absolute Gasteiger partial charge is 0.255 e. The van der Waals surface area contributed by atoms with Gasteiger partial charge in [-0.15, -0.1) is 0 Å². The molecule has 1 aliphatic heterocycles. The van der Waals surface area contributed by atoms with E-state index in [0.29, 0.717) is 42.0 Å². The summed E-state index contributed by atoms with van der Waals surface area (Å²) >= 11 is 0. The maximum Gasteiger partial charge on any atom is 0.255 e. The number of hydrogen-bond donors (Lipinski definition) is 3. The molecule has 0 radical (unpaired) electrons. The van der Waals surface area contributed by atoms with Crippen molar-refractivity contribution >= 4 is 29.1 Å². The summed E-state index contributed by atoms with van der Waals surface area (Å²) < 4.78 is 0. The number of carbonyl (C=O) groups excluding carboxylic acids is 3. The average Bonchev–Trinajstić information content (AvgIpc) is 3.25. The van der Waals surface area contributed by atoms with Crippen LogP contribution in [-0.4, -0.2) is 60.9 Å². The first-order chi connectivity index (χ1) is 19.9. The van der Waals surface area contributed by atoms with Crippen LogP contribution in [0.3, 0.4) is 0 Å². The van der Waals surface area contributed by atoms with Crippen molar-refractivity contribution in [3.8, 4) is 0 Å². The Labute approximate surface area is 241 Å². The molecule has 0 unspecified atom stereocenters. The molecule has 1 saturated carbocycles. The quantitative estimate of drug-likeness (QED) is 0.414. The van der Waals surface area contributed by atoms with Gasteiger partial charge in [0.1, 0.15) is 0 Å². The zero-order valence-electron chi connectivity index (χ0n) is 23.6. The summed E-state index contributed by atoms with van der Waals surface area (Å²) in [7, 11) is 0. The van der Waals surface area contributed by atoms with Crippen LogP contribution in [0, 0.1) is 6.92 Å². The number of aryl methyl sites for hydroxylation is 1. The van der Waals surface area contributed by atoms with Gasteiger partial charge in [0, 0.05) is 55.0 Å². The van der Waals surface area contributed by atoms with Crippen molar-refractivity contribution in [2.24, 2.45) is 5.73 Å². The predicted octanol–water partition coefficient (Wildman–Crippen LogP) is 4.60. The zero-order chi connectivity index (χ0) is 28.8. The van der Waals surface area contributed by atoms with Crippen molar-refractivity contribution in [1.29, 1.82) is 0 Å². The van der Waals surface area contributed by atoms with E-state index < -0.39 is 0 Å². The highest BCUT2D eigenvalue weighted by molar-refractivity contribution is 6.07. The largest absolute Gasteiger partial charge is 0.368 e. The van der Waals surface area contributed by atoms with E-state index in [0.717, 1.165) is 49.9 Å². The van der Waals surface area contributed by atoms with Crippen molar-refractivity contribution in [3.05, 3.63) is 95.1 Å². The standard InChI is InChI=1S/C33H39N5O3/c1-23-7-5-10-25(21-23)32(40)36-29-22-26(31(39)35-28-14-12-27(34)13-15-28)11-16-30(29)37-17-6-18-38(20-19-37)33(41)24-8-3-2-4-9-24/h2-5,7-11,16,21-22,27-28H,6,12-15,17-20,34H2,1H3,(H,35,39)(H,36,40). The van der Waals surface area contributed by atoms with E-state index in [1.54, 1.807) is 12.1 Å². The van der Waals surface area contributed by atoms with E-state index in [4.69, 9.17) is 5.73 Å². The molecular formula is C33H39N5O3. The van der Waals surface area contributed by atoms with Gasteiger partial charge >= 0.3 is 0 Å². The van der Waals surface area contributed by atoms with E-state index in [1.165, 1.54) is 0 Å². The third kappa shape index (κ3) is 7.13. The molecule has 3 amide bonds. The number of amides is 3. The molecule has 2 aliphatic rings. The molecule has 1 saturated heterocycles. The van der Waals surface area contributed by atoms with Crippen LogP contribution in [0.1, 0.15) is 68.7 Å². The number of anilines is 2. The normalized spacial score (nSPS) is 19.3. The fourth-order valence-corrected chi connectivity index (χ4v) is 5.69. The number of rotatable bonds is 6. The Morgan fingerprint density at radius 2 is 1.49 bits per heavy atom. The van der Waals surface area contributed by atoms with Crippen LogP contribution >= 0.6 is 0 Å². The number of nitrogens with zero attached hydrogens (tertiary/aromatic N) is 2. The van der Waals surface area contributed by atoms with Crippen LogP contribution in [0.25, 0.3) is 0 Å². The highest BCUT2D eigenvalue weighted by Crippen LogP contribution is 2.30. The van der Waals surface area contributed by atoms with E-state index >= 15 is 0 Å². The van der Waals surface area contributed by atoms with E-state index in [9.17, 15) is 14.4 Å². The lowest BCUT2D eigenvalue weighted by atomic mass is 9.91. The van der Waals surface area contributed by atoms with Crippen molar-refractivity contribution in [3.63, 3.8) is 0 Å². The first kappa shape index (κ1) is 28.4. The molecule has 0 spiro atoms. The van der Waals surface area contributed by atoms with Gasteiger partial charge in [-0.1, -0.05) is 35.9 Å². The Morgan fingerprint density at radius 3 is 2.24 bits per heavy atom. The van der Waals surface area contributed by atoms with Crippen LogP contribution < -0.4 is 21.3 Å². The predicted molar refractivity (Wildman–Crippen MR) is 162 cm³/mol. The van der Waals surface area contributed by atoms with Crippen molar-refractivity contribution in [1.82, 2.24) is 10.2 Å². The summed E-state index contributed by atoms with van der Waals surface area (Å²) in [4.78, 5) is 43.7. The van der Waals surface area contributed by atoms with Gasteiger partial charge in [0.15, 0.2) is 0 Å². The number of benzene rings is 3. The van der Waals surface area contributed by atoms with E-state index in [1.807, 2.05) is 72.5 Å². The molecule has 0 atom stereocenters. The molecule has 0 aromatic heterocycles. The molecule has 214 valence electrons. The maximum atomic E-state index is 13.3. The second kappa shape index (κ2) is 13.0. The molecule has 3 aromatic carbocycles. The average molecular weight is 554 g/mol. The Hall–Kier alpha value is -4.17. The van der Waals surface area contributed by atoms with Gasteiger partial charge in [-0.05, 0) is 81.5 Å². The summed E-state index contributed by atoms with van der Waals surface area (Å²) in [6.07, 6.45) is 4.33. The van der Waals surface area contributed by atoms with E-state index in [-0.39, 0.29) is 29.8 Å². The monoisotopic (exact) mass is 553 g/mol. The second-order valence-electron chi connectivity index (χ2n) is 11.1. The number of nitrogens with one attached hydrogen (secondary N) is 2. The lowest BCUT2D eigenvalue weighted by Crippen LogP contribution is -2.40. The topological polar surface area (TPSA) is 108 Å². The molecule has 2 fully saturated rings. The Bertz CT molecular complexity index is 1380. The maximum absolute atomic E-state index is 13.3. The molecule has 3 aromatic rings. The third-order valence-corrected chi connectivity index (χ3v) is 8.04. The molecule has 5 rings (SSSR count). The Kier molecular flexibility index (Phi) is 8.99. The fourth-order valence-electron chi connectivity index (χ4n) is 5.69. The molecule has 41 heavy (non-hydrogen) atoms. The van der Waals surface area contributed by atoms with Gasteiger partial charge in [0.05, 0.1) is 11.4 Å². The molecule has 1 heterocycles. The van der Waals surface area contributed by atoms with Gasteiger partial charge in [-0.2, -0.15) is 0 Å². The van der Waals surface area contributed by atoms with E-state index in [2.05, 4.69) is 15.5 Å². The summed E-state index contributed by atoms with van der Waals surface area (Å²) in [6, 6.07) is 22.6. The first-order valence-electron chi connectivity index (χ1n) is 14.5. The molecular weight excluding hydrogens is 514 g/mol. The highest BCUT2D eigenvalue weighted by atomic mass is 16.2. The molecule has 1 aliphatic carbocycles. The van der Waals surface area contributed by atoms with Crippen molar-refractivity contribution in [2.45, 2.75) is 51.1 Å². The zero-order valence-corrected chi connectivity index (χ0v) is 23.6. The van der Waals surface area contributed by atoms with Crippen LogP contribution in [0.15, 0.2) is 72.8 Å². The van der Waals surface area contributed by atoms with Crippen LogP contribution in [0.2, 0.25) is 0 Å². The second-order valence-corrected chi connectivity index (χ2v) is 11.1. The molecule has 0 bridgehead atoms. The minimum atomic E-state index is -0.232. The molecule has 8 nitrogen and oxygen atoms in total. The number of nitrogens with two attached hydrogens (primary N) is 1. The Balaban J connectivity index is 1.36. The van der Waals surface area contributed by atoms with Crippen LogP contribution in [0.5, 0.6) is 0 Å². The first-order valence-corrected chi connectivity index (χ1v) is 14.5. The minimum absolute atomic E-state index is 0.0242. The summed E-state index contributed by atoms with van der Waals surface area (Å²) in [5.41, 5.74) is 10.2. The number of carbonyl (C=O) groups is 3. The third-order valence-electron chi connectivity index (χ3n) is 8.04. The van der Waals surface area contributed by atoms with Gasteiger partial charge in [0.25, 0.3) is 17.7 Å². The van der Waals surface area contributed by atoms with Gasteiger partial charge in [-0.25, -0.2) is 0 Å². The molecule has 8 heteroatoms. The summed E-state index contributed by atoms with van der Waals surface area (Å²) in [6.45, 7) is 4.50. The summed E-state index contributed by atoms with van der Waals surface area (Å²) in [5, 5.41) is 6.23. The van der Waals surface area contributed by atoms with Gasteiger partial charge < -0.3 is 26.2 Å². The SMILES string of the molecule is Cc1cccc(C(=O)Nc2cc(C(=O)NC3CCC(N)CC3)ccc2N2CCCN(C(=O)c3ccccc3)CC2)c1. The number of hydrogen-bond acceptors (Lipinski definition) is 5. The van der Waals surface area contributed by atoms with Crippen LogP contribution in [0.4, 0.5) is 11.4 Å². The minimum Gasteiger partial charge on any atom is -0.368 e. The van der Waals surface area contributed by atoms with Crippen LogP contribution in [-0.2, 0) is 0 Å². The Morgan fingerprint density at radius 1 is 0.756 bits per heavy atom. The molecule has 4 N–H and O–H groups in total. The lowest BCUT2D eigenvalue weighted by Gasteiger charge is -2.28. The van der Waals surface area contributed by atoms with Gasteiger partial charge in [0.2, 0.25) is 0 Å². The summed E-state index contributed by atoms with van der Waals surface area (Å²) in [5.74, 6) is -0.362. The highest BCUT2D eigenvalue weighted by Gasteiger charge is 2.24. The van der Waals surface area contributed by atoms with Crippen molar-refractivity contribution in [2.75, 3.05) is 36.4 Å². The van der Waals surface area contributed by atoms with Gasteiger partial charge in [-0.3, -0.25) is 14.4 Å². The fraction of sp³-hybridized carbons (Fsp3) is 0.364. The lowest BCUT2D eigenvalue weighted by molar-refractivity contribution is 0.0766.